The molecule has 0 radical (unpaired) electrons. The maximum Gasteiger partial charge on any atom is 0.256 e. The van der Waals surface area contributed by atoms with Crippen LogP contribution < -0.4 is 5.73 Å². The van der Waals surface area contributed by atoms with Gasteiger partial charge in [-0.1, -0.05) is 0 Å². The van der Waals surface area contributed by atoms with E-state index in [9.17, 15) is 9.18 Å². The van der Waals surface area contributed by atoms with Crippen molar-refractivity contribution in [1.82, 2.24) is 9.88 Å². The van der Waals surface area contributed by atoms with Crippen molar-refractivity contribution < 1.29 is 13.9 Å². The highest BCUT2D eigenvalue weighted by atomic mass is 19.1. The van der Waals surface area contributed by atoms with Crippen molar-refractivity contribution in [1.29, 1.82) is 0 Å². The second-order valence-corrected chi connectivity index (χ2v) is 4.20. The molecule has 0 atom stereocenters. The summed E-state index contributed by atoms with van der Waals surface area (Å²) in [6, 6.07) is 1.31. The van der Waals surface area contributed by atoms with E-state index in [-0.39, 0.29) is 17.5 Å². The number of likely N-dealkylation sites (N-methyl/N-ethyl adjacent to an activating group) is 1. The Morgan fingerprint density at radius 2 is 2.28 bits per heavy atom. The monoisotopic (exact) mass is 255 g/mol. The Balaban J connectivity index is 2.66. The van der Waals surface area contributed by atoms with Gasteiger partial charge in [0.15, 0.2) is 11.6 Å². The maximum atomic E-state index is 13.6. The number of carbonyl (C=O) groups excluding carboxylic acids is 1. The van der Waals surface area contributed by atoms with Gasteiger partial charge in [0.05, 0.1) is 18.3 Å². The molecule has 0 spiro atoms. The fourth-order valence-corrected chi connectivity index (χ4v) is 1.36. The van der Waals surface area contributed by atoms with E-state index in [1.165, 1.54) is 17.2 Å². The van der Waals surface area contributed by atoms with Gasteiger partial charge in [0.2, 0.25) is 0 Å². The van der Waals surface area contributed by atoms with Crippen LogP contribution in [-0.4, -0.2) is 42.1 Å². The first-order chi connectivity index (χ1) is 8.43. The van der Waals surface area contributed by atoms with Crippen LogP contribution >= 0.6 is 0 Å². The number of carbonyl (C=O) groups is 1. The molecule has 0 aliphatic heterocycles. The van der Waals surface area contributed by atoms with Crippen LogP contribution in [0.25, 0.3) is 0 Å². The smallest absolute Gasteiger partial charge is 0.256 e. The molecule has 1 aromatic heterocycles. The van der Waals surface area contributed by atoms with Gasteiger partial charge in [-0.15, -0.1) is 0 Å². The van der Waals surface area contributed by atoms with E-state index in [1.807, 2.05) is 13.8 Å². The molecule has 0 bridgehead atoms. The summed E-state index contributed by atoms with van der Waals surface area (Å²) in [5, 5.41) is 0. The summed E-state index contributed by atoms with van der Waals surface area (Å²) in [6.07, 6.45) is 1.41. The SMILES string of the molecule is CC(C)OCCN(C)C(=O)c1ccnc(N)c1F. The third kappa shape index (κ3) is 3.66. The molecule has 100 valence electrons. The van der Waals surface area contributed by atoms with Crippen LogP contribution in [0, 0.1) is 5.82 Å². The van der Waals surface area contributed by atoms with Crippen LogP contribution in [0.5, 0.6) is 0 Å². The third-order valence-electron chi connectivity index (χ3n) is 2.37. The lowest BCUT2D eigenvalue weighted by Gasteiger charge is -2.18. The van der Waals surface area contributed by atoms with E-state index in [2.05, 4.69) is 4.98 Å². The molecule has 0 unspecified atom stereocenters. The number of nitrogen functional groups attached to an aromatic ring is 1. The van der Waals surface area contributed by atoms with Gasteiger partial charge in [0, 0.05) is 19.8 Å². The Morgan fingerprint density at radius 1 is 1.61 bits per heavy atom. The Morgan fingerprint density at radius 3 is 2.89 bits per heavy atom. The van der Waals surface area contributed by atoms with E-state index >= 15 is 0 Å². The van der Waals surface area contributed by atoms with Gasteiger partial charge in [-0.2, -0.15) is 0 Å². The predicted molar refractivity (Wildman–Crippen MR) is 66.7 cm³/mol. The van der Waals surface area contributed by atoms with E-state index in [4.69, 9.17) is 10.5 Å². The van der Waals surface area contributed by atoms with Gasteiger partial charge < -0.3 is 15.4 Å². The van der Waals surface area contributed by atoms with Crippen LogP contribution in [0.1, 0.15) is 24.2 Å². The number of rotatable bonds is 5. The molecule has 18 heavy (non-hydrogen) atoms. The molecule has 0 saturated heterocycles. The van der Waals surface area contributed by atoms with Crippen molar-refractivity contribution in [3.05, 3.63) is 23.6 Å². The Kier molecular flexibility index (Phi) is 5.03. The number of hydrogen-bond acceptors (Lipinski definition) is 4. The summed E-state index contributed by atoms with van der Waals surface area (Å²) in [5.74, 6) is -1.49. The minimum absolute atomic E-state index is 0.0745. The van der Waals surface area contributed by atoms with Gasteiger partial charge in [0.25, 0.3) is 5.91 Å². The molecule has 0 aliphatic rings. The highest BCUT2D eigenvalue weighted by molar-refractivity contribution is 5.94. The molecule has 1 aromatic rings. The van der Waals surface area contributed by atoms with Crippen LogP contribution in [-0.2, 0) is 4.74 Å². The summed E-state index contributed by atoms with van der Waals surface area (Å²) >= 11 is 0. The van der Waals surface area contributed by atoms with Gasteiger partial charge in [-0.25, -0.2) is 9.37 Å². The fourth-order valence-electron chi connectivity index (χ4n) is 1.36. The molecule has 0 aliphatic carbocycles. The summed E-state index contributed by atoms with van der Waals surface area (Å²) in [6.45, 7) is 4.61. The molecule has 5 nitrogen and oxygen atoms in total. The van der Waals surface area contributed by atoms with E-state index < -0.39 is 11.7 Å². The number of aromatic nitrogens is 1. The molecule has 0 aromatic carbocycles. The quantitative estimate of drug-likeness (QED) is 0.861. The molecule has 1 heterocycles. The molecule has 2 N–H and O–H groups in total. The van der Waals surface area contributed by atoms with Crippen molar-refractivity contribution in [2.45, 2.75) is 20.0 Å². The minimum Gasteiger partial charge on any atom is -0.381 e. The van der Waals surface area contributed by atoms with E-state index in [1.54, 1.807) is 7.05 Å². The molecular weight excluding hydrogens is 237 g/mol. The fraction of sp³-hybridized carbons (Fsp3) is 0.500. The van der Waals surface area contributed by atoms with Crippen LogP contribution in [0.4, 0.5) is 10.2 Å². The third-order valence-corrected chi connectivity index (χ3v) is 2.37. The summed E-state index contributed by atoms with van der Waals surface area (Å²) in [5.41, 5.74) is 5.24. The van der Waals surface area contributed by atoms with E-state index in [0.29, 0.717) is 13.2 Å². The lowest BCUT2D eigenvalue weighted by Crippen LogP contribution is -2.31. The van der Waals surface area contributed by atoms with E-state index in [0.717, 1.165) is 0 Å². The zero-order valence-electron chi connectivity index (χ0n) is 10.8. The van der Waals surface area contributed by atoms with Crippen molar-refractivity contribution in [3.63, 3.8) is 0 Å². The van der Waals surface area contributed by atoms with Crippen LogP contribution in [0.3, 0.4) is 0 Å². The first-order valence-electron chi connectivity index (χ1n) is 5.70. The number of nitrogens with two attached hydrogens (primary N) is 1. The standard InChI is InChI=1S/C12H18FN3O2/c1-8(2)18-7-6-16(3)12(17)9-4-5-15-11(14)10(9)13/h4-5,8H,6-7H2,1-3H3,(H2,14,15). The highest BCUT2D eigenvalue weighted by Gasteiger charge is 2.18. The second kappa shape index (κ2) is 6.30. The second-order valence-electron chi connectivity index (χ2n) is 4.20. The normalized spacial score (nSPS) is 10.7. The van der Waals surface area contributed by atoms with Crippen LogP contribution in [0.15, 0.2) is 12.3 Å². The number of amides is 1. The maximum absolute atomic E-state index is 13.6. The lowest BCUT2D eigenvalue weighted by molar-refractivity contribution is 0.0529. The lowest BCUT2D eigenvalue weighted by atomic mass is 10.2. The van der Waals surface area contributed by atoms with Crippen molar-refractivity contribution in [2.24, 2.45) is 0 Å². The molecule has 6 heteroatoms. The Labute approximate surface area is 106 Å². The van der Waals surface area contributed by atoms with Crippen molar-refractivity contribution in [2.75, 3.05) is 25.9 Å². The number of anilines is 1. The van der Waals surface area contributed by atoms with Gasteiger partial charge >= 0.3 is 0 Å². The molecule has 0 saturated carbocycles. The number of hydrogen-bond donors (Lipinski definition) is 1. The molecule has 0 fully saturated rings. The number of nitrogens with zero attached hydrogens (tertiary/aromatic N) is 2. The van der Waals surface area contributed by atoms with Crippen molar-refractivity contribution in [3.8, 4) is 0 Å². The zero-order valence-corrected chi connectivity index (χ0v) is 10.8. The zero-order chi connectivity index (χ0) is 13.7. The average Bonchev–Trinajstić information content (AvgIpc) is 2.31. The number of ether oxygens (including phenoxy) is 1. The minimum atomic E-state index is -0.779. The number of halogens is 1. The largest absolute Gasteiger partial charge is 0.381 e. The van der Waals surface area contributed by atoms with Gasteiger partial charge in [-0.3, -0.25) is 4.79 Å². The Hall–Kier alpha value is -1.69. The van der Waals surface area contributed by atoms with Crippen LogP contribution in [0.2, 0.25) is 0 Å². The molecular formula is C12H18FN3O2. The summed E-state index contributed by atoms with van der Waals surface area (Å²) in [4.78, 5) is 16.9. The Bertz CT molecular complexity index is 424. The first kappa shape index (κ1) is 14.4. The topological polar surface area (TPSA) is 68.5 Å². The predicted octanol–water partition coefficient (Wildman–Crippen LogP) is 1.30. The first-order valence-corrected chi connectivity index (χ1v) is 5.70. The summed E-state index contributed by atoms with van der Waals surface area (Å²) < 4.78 is 18.9. The molecule has 1 amide bonds. The summed E-state index contributed by atoms with van der Waals surface area (Å²) in [7, 11) is 1.59. The van der Waals surface area contributed by atoms with Crippen molar-refractivity contribution >= 4 is 11.7 Å². The molecule has 1 rings (SSSR count). The highest BCUT2D eigenvalue weighted by Crippen LogP contribution is 2.13. The van der Waals surface area contributed by atoms with Gasteiger partial charge in [0.1, 0.15) is 0 Å². The van der Waals surface area contributed by atoms with Gasteiger partial charge in [-0.05, 0) is 19.9 Å². The average molecular weight is 255 g/mol. The number of pyridine rings is 1.